The van der Waals surface area contributed by atoms with Crippen LogP contribution < -0.4 is 5.32 Å². The van der Waals surface area contributed by atoms with Gasteiger partial charge in [-0.25, -0.2) is 4.79 Å². The van der Waals surface area contributed by atoms with Gasteiger partial charge in [0.1, 0.15) is 6.61 Å². The van der Waals surface area contributed by atoms with Crippen LogP contribution in [0.4, 0.5) is 18.0 Å². The van der Waals surface area contributed by atoms with E-state index < -0.39 is 17.8 Å². The molecule has 3 nitrogen and oxygen atoms in total. The molecule has 0 heterocycles. The molecule has 0 aromatic heterocycles. The number of benzene rings is 2. The van der Waals surface area contributed by atoms with Crippen LogP contribution in [0.2, 0.25) is 0 Å². The SMILES string of the molecule is Cc1ccc(C#CCCNC(=O)OCc2ccccc2)cc1C(F)(F)F. The van der Waals surface area contributed by atoms with E-state index in [4.69, 9.17) is 4.74 Å². The summed E-state index contributed by atoms with van der Waals surface area (Å²) in [5.74, 6) is 5.42. The standard InChI is InChI=1S/C20H18F3NO2/c1-15-10-11-16(13-18(15)20(21,22)23)7-5-6-12-24-19(25)26-14-17-8-3-2-4-9-17/h2-4,8-11,13H,6,12,14H2,1H3,(H,24,25). The molecule has 26 heavy (non-hydrogen) atoms. The molecule has 2 aromatic carbocycles. The van der Waals surface area contributed by atoms with Crippen molar-refractivity contribution in [2.24, 2.45) is 0 Å². The second-order valence-electron chi connectivity index (χ2n) is 5.57. The molecule has 6 heteroatoms. The molecule has 2 aromatic rings. The highest BCUT2D eigenvalue weighted by molar-refractivity contribution is 5.67. The molecule has 0 bridgehead atoms. The van der Waals surface area contributed by atoms with Crippen LogP contribution in [-0.2, 0) is 17.5 Å². The van der Waals surface area contributed by atoms with Crippen molar-refractivity contribution in [3.8, 4) is 11.8 Å². The second-order valence-corrected chi connectivity index (χ2v) is 5.57. The third-order valence-electron chi connectivity index (χ3n) is 3.51. The van der Waals surface area contributed by atoms with E-state index >= 15 is 0 Å². The molecule has 0 spiro atoms. The maximum absolute atomic E-state index is 12.8. The Bertz CT molecular complexity index is 805. The molecular weight excluding hydrogens is 343 g/mol. The van der Waals surface area contributed by atoms with Crippen molar-refractivity contribution in [3.05, 3.63) is 70.8 Å². The average molecular weight is 361 g/mol. The lowest BCUT2D eigenvalue weighted by Gasteiger charge is -2.10. The molecule has 0 aliphatic heterocycles. The third-order valence-corrected chi connectivity index (χ3v) is 3.51. The molecule has 1 amide bonds. The Labute approximate surface area is 150 Å². The fourth-order valence-electron chi connectivity index (χ4n) is 2.17. The number of rotatable bonds is 4. The zero-order chi connectivity index (χ0) is 19.0. The van der Waals surface area contributed by atoms with Crippen LogP contribution in [0.15, 0.2) is 48.5 Å². The quantitative estimate of drug-likeness (QED) is 0.634. The smallest absolute Gasteiger partial charge is 0.416 e. The van der Waals surface area contributed by atoms with Crippen molar-refractivity contribution < 1.29 is 22.7 Å². The van der Waals surface area contributed by atoms with Gasteiger partial charge in [0.2, 0.25) is 0 Å². The van der Waals surface area contributed by atoms with Crippen molar-refractivity contribution >= 4 is 6.09 Å². The predicted octanol–water partition coefficient (Wildman–Crippen LogP) is 4.68. The number of hydrogen-bond donors (Lipinski definition) is 1. The van der Waals surface area contributed by atoms with E-state index in [1.807, 2.05) is 30.3 Å². The van der Waals surface area contributed by atoms with E-state index in [0.29, 0.717) is 6.42 Å². The molecule has 0 unspecified atom stereocenters. The molecule has 0 saturated heterocycles. The number of hydrogen-bond acceptors (Lipinski definition) is 2. The van der Waals surface area contributed by atoms with Gasteiger partial charge in [-0.3, -0.25) is 0 Å². The van der Waals surface area contributed by atoms with E-state index in [0.717, 1.165) is 11.6 Å². The minimum atomic E-state index is -4.40. The van der Waals surface area contributed by atoms with Crippen molar-refractivity contribution in [1.82, 2.24) is 5.32 Å². The van der Waals surface area contributed by atoms with Gasteiger partial charge in [-0.15, -0.1) is 0 Å². The molecule has 0 atom stereocenters. The Kier molecular flexibility index (Phi) is 6.67. The number of alkyl carbamates (subject to hydrolysis) is 1. The molecule has 0 saturated carbocycles. The zero-order valence-corrected chi connectivity index (χ0v) is 14.2. The monoisotopic (exact) mass is 361 g/mol. The van der Waals surface area contributed by atoms with Gasteiger partial charge in [-0.2, -0.15) is 13.2 Å². The van der Waals surface area contributed by atoms with Gasteiger partial charge in [0.05, 0.1) is 5.56 Å². The van der Waals surface area contributed by atoms with E-state index in [-0.39, 0.29) is 24.3 Å². The number of carbonyl (C=O) groups is 1. The second kappa shape index (κ2) is 8.95. The fourth-order valence-corrected chi connectivity index (χ4v) is 2.17. The summed E-state index contributed by atoms with van der Waals surface area (Å²) in [5, 5.41) is 2.54. The van der Waals surface area contributed by atoms with Gasteiger partial charge in [-0.05, 0) is 30.2 Å². The number of aryl methyl sites for hydroxylation is 1. The van der Waals surface area contributed by atoms with Gasteiger partial charge < -0.3 is 10.1 Å². The van der Waals surface area contributed by atoms with Crippen LogP contribution >= 0.6 is 0 Å². The van der Waals surface area contributed by atoms with E-state index in [2.05, 4.69) is 17.2 Å². The largest absolute Gasteiger partial charge is 0.445 e. The minimum Gasteiger partial charge on any atom is -0.445 e. The topological polar surface area (TPSA) is 38.3 Å². The first-order chi connectivity index (χ1) is 12.4. The molecule has 136 valence electrons. The number of alkyl halides is 3. The summed E-state index contributed by atoms with van der Waals surface area (Å²) >= 11 is 0. The summed E-state index contributed by atoms with van der Waals surface area (Å²) in [7, 11) is 0. The first kappa shape index (κ1) is 19.4. The lowest BCUT2D eigenvalue weighted by Crippen LogP contribution is -2.24. The summed E-state index contributed by atoms with van der Waals surface area (Å²) in [4.78, 5) is 11.5. The maximum atomic E-state index is 12.8. The fraction of sp³-hybridized carbons (Fsp3) is 0.250. The summed E-state index contributed by atoms with van der Waals surface area (Å²) in [6, 6.07) is 13.2. The Balaban J connectivity index is 1.77. The molecule has 0 radical (unpaired) electrons. The summed E-state index contributed by atoms with van der Waals surface area (Å²) in [6.07, 6.45) is -4.66. The molecule has 0 aliphatic carbocycles. The molecule has 0 aliphatic rings. The van der Waals surface area contributed by atoms with E-state index in [9.17, 15) is 18.0 Å². The Morgan fingerprint density at radius 2 is 1.88 bits per heavy atom. The molecule has 0 fully saturated rings. The van der Waals surface area contributed by atoms with Gasteiger partial charge in [-0.1, -0.05) is 48.2 Å². The van der Waals surface area contributed by atoms with Crippen LogP contribution in [0.5, 0.6) is 0 Å². The first-order valence-electron chi connectivity index (χ1n) is 7.97. The summed E-state index contributed by atoms with van der Waals surface area (Å²) in [6.45, 7) is 1.82. The number of amides is 1. The molecule has 2 rings (SSSR count). The number of ether oxygens (including phenoxy) is 1. The normalized spacial score (nSPS) is 10.6. The zero-order valence-electron chi connectivity index (χ0n) is 14.2. The maximum Gasteiger partial charge on any atom is 0.416 e. The van der Waals surface area contributed by atoms with Crippen LogP contribution in [0.3, 0.4) is 0 Å². The number of halogens is 3. The third kappa shape index (κ3) is 6.17. The minimum absolute atomic E-state index is 0.158. The van der Waals surface area contributed by atoms with E-state index in [1.165, 1.54) is 13.0 Å². The van der Waals surface area contributed by atoms with Crippen LogP contribution in [0, 0.1) is 18.8 Å². The van der Waals surface area contributed by atoms with Gasteiger partial charge in [0.15, 0.2) is 0 Å². The average Bonchev–Trinajstić information content (AvgIpc) is 2.61. The lowest BCUT2D eigenvalue weighted by molar-refractivity contribution is -0.138. The highest BCUT2D eigenvalue weighted by atomic mass is 19.4. The van der Waals surface area contributed by atoms with Crippen molar-refractivity contribution in [1.29, 1.82) is 0 Å². The highest BCUT2D eigenvalue weighted by Crippen LogP contribution is 2.32. The van der Waals surface area contributed by atoms with E-state index in [1.54, 1.807) is 6.07 Å². The molecular formula is C20H18F3NO2. The van der Waals surface area contributed by atoms with Crippen molar-refractivity contribution in [3.63, 3.8) is 0 Å². The van der Waals surface area contributed by atoms with Crippen molar-refractivity contribution in [2.45, 2.75) is 26.1 Å². The Hall–Kier alpha value is -2.94. The number of nitrogens with one attached hydrogen (secondary N) is 1. The number of carbonyl (C=O) groups excluding carboxylic acids is 1. The summed E-state index contributed by atoms with van der Waals surface area (Å²) in [5.41, 5.74) is 0.634. The van der Waals surface area contributed by atoms with Crippen LogP contribution in [-0.4, -0.2) is 12.6 Å². The van der Waals surface area contributed by atoms with Gasteiger partial charge in [0.25, 0.3) is 0 Å². The van der Waals surface area contributed by atoms with Crippen LogP contribution in [0.1, 0.15) is 28.7 Å². The van der Waals surface area contributed by atoms with Crippen LogP contribution in [0.25, 0.3) is 0 Å². The van der Waals surface area contributed by atoms with Crippen molar-refractivity contribution in [2.75, 3.05) is 6.54 Å². The van der Waals surface area contributed by atoms with Gasteiger partial charge in [0, 0.05) is 18.5 Å². The first-order valence-corrected chi connectivity index (χ1v) is 7.97. The molecule has 1 N–H and O–H groups in total. The summed E-state index contributed by atoms with van der Waals surface area (Å²) < 4.78 is 43.6. The lowest BCUT2D eigenvalue weighted by atomic mass is 10.0. The highest BCUT2D eigenvalue weighted by Gasteiger charge is 2.32. The Morgan fingerprint density at radius 1 is 1.15 bits per heavy atom. The predicted molar refractivity (Wildman–Crippen MR) is 92.3 cm³/mol. The Morgan fingerprint density at radius 3 is 2.58 bits per heavy atom. The van der Waals surface area contributed by atoms with Gasteiger partial charge >= 0.3 is 12.3 Å².